The Hall–Kier alpha value is -2.64. The van der Waals surface area contributed by atoms with Crippen LogP contribution in [0.5, 0.6) is 0 Å². The quantitative estimate of drug-likeness (QED) is 0.459. The molecule has 0 saturated heterocycles. The van der Waals surface area contributed by atoms with E-state index in [0.29, 0.717) is 5.56 Å². The standard InChI is InChI=1S/C17H24N2O6/c1-5-24-15(20)13(18-16(21)25-17(2,3)4)11-10-12-8-6-7-9-14(12)19(22)23/h6-9,13H,5,10-11H2,1-4H3,(H,18,21). The van der Waals surface area contributed by atoms with Crippen LogP contribution in [0.15, 0.2) is 24.3 Å². The SMILES string of the molecule is CCOC(=O)C(CCc1ccccc1[N+](=O)[O-])NC(=O)OC(C)(C)C. The van der Waals surface area contributed by atoms with Crippen LogP contribution in [0.1, 0.15) is 39.7 Å². The number of hydrogen-bond donors (Lipinski definition) is 1. The molecule has 1 aromatic carbocycles. The first-order chi connectivity index (χ1) is 11.6. The van der Waals surface area contributed by atoms with Crippen LogP contribution in [-0.4, -0.2) is 35.2 Å². The average Bonchev–Trinajstić information content (AvgIpc) is 2.50. The molecular weight excluding hydrogens is 328 g/mol. The number of nitro groups is 1. The van der Waals surface area contributed by atoms with E-state index >= 15 is 0 Å². The lowest BCUT2D eigenvalue weighted by Crippen LogP contribution is -2.44. The highest BCUT2D eigenvalue weighted by Crippen LogP contribution is 2.20. The fourth-order valence-corrected chi connectivity index (χ4v) is 2.14. The minimum absolute atomic E-state index is 0.0256. The average molecular weight is 352 g/mol. The van der Waals surface area contributed by atoms with E-state index in [2.05, 4.69) is 5.32 Å². The zero-order chi connectivity index (χ0) is 19.0. The fourth-order valence-electron chi connectivity index (χ4n) is 2.14. The van der Waals surface area contributed by atoms with Crippen molar-refractivity contribution in [2.24, 2.45) is 0 Å². The van der Waals surface area contributed by atoms with E-state index < -0.39 is 28.6 Å². The van der Waals surface area contributed by atoms with Crippen LogP contribution in [0, 0.1) is 10.1 Å². The Kier molecular flexibility index (Phi) is 7.35. The molecule has 0 aliphatic rings. The molecule has 0 heterocycles. The van der Waals surface area contributed by atoms with Gasteiger partial charge in [-0.15, -0.1) is 0 Å². The molecule has 1 unspecified atom stereocenters. The highest BCUT2D eigenvalue weighted by atomic mass is 16.6. The molecular formula is C17H24N2O6. The molecule has 25 heavy (non-hydrogen) atoms. The van der Waals surface area contributed by atoms with Crippen LogP contribution < -0.4 is 5.32 Å². The van der Waals surface area contributed by atoms with E-state index in [4.69, 9.17) is 9.47 Å². The molecule has 138 valence electrons. The van der Waals surface area contributed by atoms with Crippen molar-refractivity contribution in [2.75, 3.05) is 6.61 Å². The monoisotopic (exact) mass is 352 g/mol. The summed E-state index contributed by atoms with van der Waals surface area (Å²) in [6.45, 7) is 6.94. The summed E-state index contributed by atoms with van der Waals surface area (Å²) in [6, 6.07) is 5.32. The molecule has 0 fully saturated rings. The summed E-state index contributed by atoms with van der Waals surface area (Å²) in [5.41, 5.74) is -0.253. The number of nitrogens with one attached hydrogen (secondary N) is 1. The molecule has 0 radical (unpaired) electrons. The van der Waals surface area contributed by atoms with E-state index in [9.17, 15) is 19.7 Å². The third-order valence-electron chi connectivity index (χ3n) is 3.15. The number of amides is 1. The molecule has 0 bridgehead atoms. The van der Waals surface area contributed by atoms with Crippen LogP contribution >= 0.6 is 0 Å². The molecule has 1 aromatic rings. The van der Waals surface area contributed by atoms with Crippen molar-refractivity contribution in [1.82, 2.24) is 5.32 Å². The molecule has 8 nitrogen and oxygen atoms in total. The number of nitrogens with zero attached hydrogens (tertiary/aromatic N) is 1. The maximum Gasteiger partial charge on any atom is 0.408 e. The van der Waals surface area contributed by atoms with E-state index in [1.54, 1.807) is 45.9 Å². The second kappa shape index (κ2) is 9.00. The Bertz CT molecular complexity index is 624. The first-order valence-corrected chi connectivity index (χ1v) is 8.02. The van der Waals surface area contributed by atoms with Gasteiger partial charge in [-0.25, -0.2) is 9.59 Å². The van der Waals surface area contributed by atoms with Crippen LogP contribution in [0.3, 0.4) is 0 Å². The third-order valence-corrected chi connectivity index (χ3v) is 3.15. The first kappa shape index (κ1) is 20.4. The Labute approximate surface area is 146 Å². The molecule has 0 spiro atoms. The number of rotatable bonds is 7. The van der Waals surface area contributed by atoms with Gasteiger partial charge in [0, 0.05) is 11.6 Å². The molecule has 0 aliphatic heterocycles. The number of nitro benzene ring substituents is 1. The Morgan fingerprint density at radius 2 is 1.92 bits per heavy atom. The normalized spacial score (nSPS) is 12.2. The van der Waals surface area contributed by atoms with Gasteiger partial charge in [0.2, 0.25) is 0 Å². The predicted molar refractivity (Wildman–Crippen MR) is 91.2 cm³/mol. The van der Waals surface area contributed by atoms with Crippen molar-refractivity contribution >= 4 is 17.7 Å². The zero-order valence-corrected chi connectivity index (χ0v) is 14.9. The smallest absolute Gasteiger partial charge is 0.408 e. The van der Waals surface area contributed by atoms with Gasteiger partial charge in [0.05, 0.1) is 11.5 Å². The number of alkyl carbamates (subject to hydrolysis) is 1. The summed E-state index contributed by atoms with van der Waals surface area (Å²) in [6.07, 6.45) is -0.354. The van der Waals surface area contributed by atoms with Crippen molar-refractivity contribution in [1.29, 1.82) is 0 Å². The summed E-state index contributed by atoms with van der Waals surface area (Å²) in [5, 5.41) is 13.5. The van der Waals surface area contributed by atoms with Crippen molar-refractivity contribution < 1.29 is 24.0 Å². The van der Waals surface area contributed by atoms with E-state index in [0.717, 1.165) is 0 Å². The summed E-state index contributed by atoms with van der Waals surface area (Å²) in [4.78, 5) is 34.6. The van der Waals surface area contributed by atoms with Crippen LogP contribution in [-0.2, 0) is 20.7 Å². The molecule has 0 aromatic heterocycles. The summed E-state index contributed by atoms with van der Waals surface area (Å²) < 4.78 is 10.1. The van der Waals surface area contributed by atoms with Gasteiger partial charge in [-0.05, 0) is 40.5 Å². The predicted octanol–water partition coefficient (Wildman–Crippen LogP) is 2.98. The van der Waals surface area contributed by atoms with Gasteiger partial charge in [-0.2, -0.15) is 0 Å². The van der Waals surface area contributed by atoms with E-state index in [1.165, 1.54) is 6.07 Å². The molecule has 1 rings (SSSR count). The number of benzene rings is 1. The maximum absolute atomic E-state index is 12.1. The van der Waals surface area contributed by atoms with E-state index in [-0.39, 0.29) is 25.1 Å². The van der Waals surface area contributed by atoms with Gasteiger partial charge >= 0.3 is 12.1 Å². The van der Waals surface area contributed by atoms with Crippen molar-refractivity contribution in [3.05, 3.63) is 39.9 Å². The van der Waals surface area contributed by atoms with Crippen molar-refractivity contribution in [2.45, 2.75) is 52.2 Å². The van der Waals surface area contributed by atoms with Gasteiger partial charge < -0.3 is 14.8 Å². The number of aryl methyl sites for hydroxylation is 1. The number of para-hydroxylation sites is 1. The largest absolute Gasteiger partial charge is 0.464 e. The molecule has 1 N–H and O–H groups in total. The summed E-state index contributed by atoms with van der Waals surface area (Å²) in [7, 11) is 0. The number of esters is 1. The highest BCUT2D eigenvalue weighted by molar-refractivity contribution is 5.81. The topological polar surface area (TPSA) is 108 Å². The Balaban J connectivity index is 2.83. The maximum atomic E-state index is 12.1. The zero-order valence-electron chi connectivity index (χ0n) is 14.9. The van der Waals surface area contributed by atoms with Gasteiger partial charge in [-0.1, -0.05) is 18.2 Å². The lowest BCUT2D eigenvalue weighted by Gasteiger charge is -2.22. The number of carbonyl (C=O) groups excluding carboxylic acids is 2. The molecule has 8 heteroatoms. The summed E-state index contributed by atoms with van der Waals surface area (Å²) >= 11 is 0. The second-order valence-electron chi connectivity index (χ2n) is 6.38. The van der Waals surface area contributed by atoms with Gasteiger partial charge in [-0.3, -0.25) is 10.1 Å². The molecule has 0 aliphatic carbocycles. The first-order valence-electron chi connectivity index (χ1n) is 8.02. The van der Waals surface area contributed by atoms with E-state index in [1.807, 2.05) is 0 Å². The third kappa shape index (κ3) is 7.19. The lowest BCUT2D eigenvalue weighted by atomic mass is 10.0. The van der Waals surface area contributed by atoms with Crippen LogP contribution in [0.2, 0.25) is 0 Å². The minimum Gasteiger partial charge on any atom is -0.464 e. The van der Waals surface area contributed by atoms with Crippen molar-refractivity contribution in [3.8, 4) is 0 Å². The van der Waals surface area contributed by atoms with Crippen LogP contribution in [0.4, 0.5) is 10.5 Å². The minimum atomic E-state index is -0.949. The van der Waals surface area contributed by atoms with Gasteiger partial charge in [0.25, 0.3) is 5.69 Å². The Morgan fingerprint density at radius 3 is 2.48 bits per heavy atom. The van der Waals surface area contributed by atoms with Crippen molar-refractivity contribution in [3.63, 3.8) is 0 Å². The number of carbonyl (C=O) groups is 2. The number of ether oxygens (including phenoxy) is 2. The highest BCUT2D eigenvalue weighted by Gasteiger charge is 2.26. The Morgan fingerprint density at radius 1 is 1.28 bits per heavy atom. The number of hydrogen-bond acceptors (Lipinski definition) is 6. The fraction of sp³-hybridized carbons (Fsp3) is 0.529. The van der Waals surface area contributed by atoms with Crippen LogP contribution in [0.25, 0.3) is 0 Å². The van der Waals surface area contributed by atoms with Gasteiger partial charge in [0.15, 0.2) is 0 Å². The molecule has 1 amide bonds. The molecule has 0 saturated carbocycles. The second-order valence-corrected chi connectivity index (χ2v) is 6.38. The lowest BCUT2D eigenvalue weighted by molar-refractivity contribution is -0.385. The summed E-state index contributed by atoms with van der Waals surface area (Å²) in [5.74, 6) is -0.605. The van der Waals surface area contributed by atoms with Gasteiger partial charge in [0.1, 0.15) is 11.6 Å². The molecule has 1 atom stereocenters.